The number of piperidine rings is 1. The molecule has 146 valence electrons. The number of urea groups is 1. The van der Waals surface area contributed by atoms with Gasteiger partial charge in [-0.25, -0.2) is 4.79 Å². The standard InChI is InChI=1S/C19H32N4O3/c1-15-8-3-4-9-19(15)17(25)23(18(26)21-19)14-16(24)20-10-7-13-22-11-5-2-6-12-22/h15H,2-14H2,1H3,(H,20,24)(H,21,26). The Kier molecular flexibility index (Phi) is 6.16. The smallest absolute Gasteiger partial charge is 0.325 e. The Morgan fingerprint density at radius 3 is 2.69 bits per heavy atom. The minimum atomic E-state index is -0.788. The van der Waals surface area contributed by atoms with Crippen LogP contribution in [0.1, 0.15) is 58.3 Å². The summed E-state index contributed by atoms with van der Waals surface area (Å²) < 4.78 is 0. The van der Waals surface area contributed by atoms with E-state index in [1.165, 1.54) is 19.3 Å². The summed E-state index contributed by atoms with van der Waals surface area (Å²) in [5.74, 6) is -0.365. The molecule has 0 radical (unpaired) electrons. The molecule has 3 rings (SSSR count). The minimum Gasteiger partial charge on any atom is -0.354 e. The molecule has 0 aromatic rings. The third-order valence-electron chi connectivity index (χ3n) is 6.23. The number of likely N-dealkylation sites (tertiary alicyclic amines) is 1. The number of nitrogens with one attached hydrogen (secondary N) is 2. The Hall–Kier alpha value is -1.63. The first-order chi connectivity index (χ1) is 12.5. The van der Waals surface area contributed by atoms with E-state index in [1.54, 1.807) is 0 Å². The molecule has 7 nitrogen and oxygen atoms in total. The van der Waals surface area contributed by atoms with Crippen LogP contribution < -0.4 is 10.6 Å². The van der Waals surface area contributed by atoms with Crippen LogP contribution in [0, 0.1) is 5.92 Å². The Bertz CT molecular complexity index is 547. The maximum atomic E-state index is 12.8. The van der Waals surface area contributed by atoms with E-state index in [1.807, 2.05) is 6.92 Å². The van der Waals surface area contributed by atoms with Crippen molar-refractivity contribution in [2.75, 3.05) is 32.7 Å². The summed E-state index contributed by atoms with van der Waals surface area (Å²) in [6, 6.07) is -0.424. The van der Waals surface area contributed by atoms with Crippen molar-refractivity contribution >= 4 is 17.8 Å². The summed E-state index contributed by atoms with van der Waals surface area (Å²) in [6.07, 6.45) is 8.37. The van der Waals surface area contributed by atoms with Crippen molar-refractivity contribution in [3.63, 3.8) is 0 Å². The SMILES string of the molecule is CC1CCCCC12NC(=O)N(CC(=O)NCCCN1CCCCC1)C2=O. The van der Waals surface area contributed by atoms with E-state index in [4.69, 9.17) is 0 Å². The van der Waals surface area contributed by atoms with Gasteiger partial charge in [-0.1, -0.05) is 26.2 Å². The topological polar surface area (TPSA) is 81.8 Å². The molecular weight excluding hydrogens is 332 g/mol. The van der Waals surface area contributed by atoms with Crippen molar-refractivity contribution in [3.8, 4) is 0 Å². The number of hydrogen-bond acceptors (Lipinski definition) is 4. The Labute approximate surface area is 155 Å². The summed E-state index contributed by atoms with van der Waals surface area (Å²) in [6.45, 7) is 5.71. The molecule has 2 atom stereocenters. The highest BCUT2D eigenvalue weighted by Crippen LogP contribution is 2.38. The third kappa shape index (κ3) is 4.03. The van der Waals surface area contributed by atoms with Crippen LogP contribution in [0.4, 0.5) is 4.79 Å². The van der Waals surface area contributed by atoms with Crippen LogP contribution >= 0.6 is 0 Å². The highest BCUT2D eigenvalue weighted by atomic mass is 16.2. The van der Waals surface area contributed by atoms with Crippen LogP contribution in [0.3, 0.4) is 0 Å². The van der Waals surface area contributed by atoms with Crippen LogP contribution in [-0.2, 0) is 9.59 Å². The molecule has 2 N–H and O–H groups in total. The first-order valence-electron chi connectivity index (χ1n) is 10.2. The van der Waals surface area contributed by atoms with Gasteiger partial charge in [0.2, 0.25) is 5.91 Å². The monoisotopic (exact) mass is 364 g/mol. The van der Waals surface area contributed by atoms with E-state index < -0.39 is 11.6 Å². The second-order valence-electron chi connectivity index (χ2n) is 8.05. The van der Waals surface area contributed by atoms with E-state index >= 15 is 0 Å². The van der Waals surface area contributed by atoms with Gasteiger partial charge in [0.25, 0.3) is 5.91 Å². The zero-order chi connectivity index (χ0) is 18.6. The van der Waals surface area contributed by atoms with Gasteiger partial charge in [-0.3, -0.25) is 14.5 Å². The molecular formula is C19H32N4O3. The van der Waals surface area contributed by atoms with Crippen LogP contribution in [-0.4, -0.2) is 65.9 Å². The molecule has 2 saturated heterocycles. The van der Waals surface area contributed by atoms with Crippen LogP contribution in [0.5, 0.6) is 0 Å². The molecule has 0 aromatic carbocycles. The molecule has 2 unspecified atom stereocenters. The van der Waals surface area contributed by atoms with Crippen LogP contribution in [0.15, 0.2) is 0 Å². The lowest BCUT2D eigenvalue weighted by Crippen LogP contribution is -2.54. The fraction of sp³-hybridized carbons (Fsp3) is 0.842. The average molecular weight is 364 g/mol. The molecule has 1 aliphatic carbocycles. The normalized spacial score (nSPS) is 29.9. The van der Waals surface area contributed by atoms with E-state index in [0.29, 0.717) is 13.0 Å². The maximum Gasteiger partial charge on any atom is 0.325 e. The summed E-state index contributed by atoms with van der Waals surface area (Å²) >= 11 is 0. The average Bonchev–Trinajstić information content (AvgIpc) is 2.87. The second kappa shape index (κ2) is 8.37. The van der Waals surface area contributed by atoms with Gasteiger partial charge in [-0.15, -0.1) is 0 Å². The van der Waals surface area contributed by atoms with Gasteiger partial charge in [-0.2, -0.15) is 0 Å². The van der Waals surface area contributed by atoms with E-state index in [2.05, 4.69) is 15.5 Å². The van der Waals surface area contributed by atoms with Gasteiger partial charge >= 0.3 is 6.03 Å². The lowest BCUT2D eigenvalue weighted by atomic mass is 9.73. The summed E-state index contributed by atoms with van der Waals surface area (Å²) in [5, 5.41) is 5.74. The molecule has 1 spiro atoms. The number of carbonyl (C=O) groups excluding carboxylic acids is 3. The van der Waals surface area contributed by atoms with E-state index in [0.717, 1.165) is 50.2 Å². The fourth-order valence-electron chi connectivity index (χ4n) is 4.55. The molecule has 0 aromatic heterocycles. The number of hydrogen-bond donors (Lipinski definition) is 2. The molecule has 3 fully saturated rings. The molecule has 4 amide bonds. The summed E-state index contributed by atoms with van der Waals surface area (Å²) in [5.41, 5.74) is -0.788. The molecule has 0 bridgehead atoms. The lowest BCUT2D eigenvalue weighted by Gasteiger charge is -2.36. The van der Waals surface area contributed by atoms with Gasteiger partial charge in [0.1, 0.15) is 12.1 Å². The number of carbonyl (C=O) groups is 3. The first kappa shape index (κ1) is 19.1. The van der Waals surface area contributed by atoms with Gasteiger partial charge in [0.05, 0.1) is 0 Å². The Morgan fingerprint density at radius 2 is 1.96 bits per heavy atom. The predicted molar refractivity (Wildman–Crippen MR) is 98.5 cm³/mol. The van der Waals surface area contributed by atoms with Crippen molar-refractivity contribution in [2.45, 2.75) is 63.8 Å². The lowest BCUT2D eigenvalue weighted by molar-refractivity contribution is -0.137. The van der Waals surface area contributed by atoms with Crippen molar-refractivity contribution in [3.05, 3.63) is 0 Å². The Balaban J connectivity index is 1.43. The summed E-state index contributed by atoms with van der Waals surface area (Å²) in [7, 11) is 0. The molecule has 7 heteroatoms. The minimum absolute atomic E-state index is 0.116. The van der Waals surface area contributed by atoms with Crippen LogP contribution in [0.2, 0.25) is 0 Å². The van der Waals surface area contributed by atoms with Crippen molar-refractivity contribution in [1.29, 1.82) is 0 Å². The Morgan fingerprint density at radius 1 is 1.19 bits per heavy atom. The van der Waals surface area contributed by atoms with Gasteiger partial charge in [0, 0.05) is 6.54 Å². The first-order valence-corrected chi connectivity index (χ1v) is 10.2. The number of amides is 4. The van der Waals surface area contributed by atoms with Crippen molar-refractivity contribution < 1.29 is 14.4 Å². The highest BCUT2D eigenvalue weighted by molar-refractivity contribution is 6.09. The van der Waals surface area contributed by atoms with Crippen molar-refractivity contribution in [2.24, 2.45) is 5.92 Å². The van der Waals surface area contributed by atoms with E-state index in [-0.39, 0.29) is 24.3 Å². The van der Waals surface area contributed by atoms with Crippen LogP contribution in [0.25, 0.3) is 0 Å². The second-order valence-corrected chi connectivity index (χ2v) is 8.05. The quantitative estimate of drug-likeness (QED) is 0.552. The molecule has 3 aliphatic rings. The zero-order valence-electron chi connectivity index (χ0n) is 15.9. The molecule has 1 saturated carbocycles. The third-order valence-corrected chi connectivity index (χ3v) is 6.23. The summed E-state index contributed by atoms with van der Waals surface area (Å²) in [4.78, 5) is 40.8. The number of rotatable bonds is 6. The zero-order valence-corrected chi connectivity index (χ0v) is 15.9. The maximum absolute atomic E-state index is 12.8. The van der Waals surface area contributed by atoms with Gasteiger partial charge < -0.3 is 15.5 Å². The fourth-order valence-corrected chi connectivity index (χ4v) is 4.55. The molecule has 26 heavy (non-hydrogen) atoms. The molecule has 2 heterocycles. The van der Waals surface area contributed by atoms with Gasteiger partial charge in [0.15, 0.2) is 0 Å². The molecule has 2 aliphatic heterocycles. The van der Waals surface area contributed by atoms with Crippen molar-refractivity contribution in [1.82, 2.24) is 20.4 Å². The van der Waals surface area contributed by atoms with E-state index in [9.17, 15) is 14.4 Å². The highest BCUT2D eigenvalue weighted by Gasteiger charge is 2.55. The largest absolute Gasteiger partial charge is 0.354 e. The number of nitrogens with zero attached hydrogens (tertiary/aromatic N) is 2. The number of imide groups is 1. The van der Waals surface area contributed by atoms with Gasteiger partial charge in [-0.05, 0) is 57.7 Å². The predicted octanol–water partition coefficient (Wildman–Crippen LogP) is 1.48.